The summed E-state index contributed by atoms with van der Waals surface area (Å²) in [5, 5.41) is 0. The molecule has 0 N–H and O–H groups in total. The highest BCUT2D eigenvalue weighted by atomic mass is 16.5. The first-order valence-electron chi connectivity index (χ1n) is 15.2. The van der Waals surface area contributed by atoms with Crippen LogP contribution in [-0.4, -0.2) is 12.6 Å². The Bertz CT molecular complexity index is 468. The van der Waals surface area contributed by atoms with Gasteiger partial charge in [-0.2, -0.15) is 0 Å². The Balaban J connectivity index is 4.04. The molecule has 0 saturated heterocycles. The molecule has 2 unspecified atom stereocenters. The lowest BCUT2D eigenvalue weighted by Crippen LogP contribution is -2.21. The minimum Gasteiger partial charge on any atom is -0.462 e. The third-order valence-electron chi connectivity index (χ3n) is 7.45. The molecule has 0 spiro atoms. The summed E-state index contributed by atoms with van der Waals surface area (Å²) < 4.78 is 5.59. The van der Waals surface area contributed by atoms with Crippen molar-refractivity contribution in [3.8, 4) is 0 Å². The van der Waals surface area contributed by atoms with Gasteiger partial charge in [-0.25, -0.2) is 4.79 Å². The van der Waals surface area contributed by atoms with Crippen molar-refractivity contribution in [2.75, 3.05) is 6.61 Å². The largest absolute Gasteiger partial charge is 0.462 e. The van der Waals surface area contributed by atoms with Crippen molar-refractivity contribution in [3.05, 3.63) is 12.2 Å². The Labute approximate surface area is 215 Å². The van der Waals surface area contributed by atoms with Crippen LogP contribution in [0, 0.1) is 17.8 Å². The normalized spacial score (nSPS) is 13.2. The molecule has 2 atom stereocenters. The van der Waals surface area contributed by atoms with Gasteiger partial charge >= 0.3 is 5.97 Å². The summed E-state index contributed by atoms with van der Waals surface area (Å²) in [4.78, 5) is 11.9. The zero-order valence-electron chi connectivity index (χ0n) is 24.1. The first-order chi connectivity index (χ1) is 16.4. The van der Waals surface area contributed by atoms with Gasteiger partial charge in [-0.3, -0.25) is 0 Å². The van der Waals surface area contributed by atoms with Gasteiger partial charge in [-0.1, -0.05) is 156 Å². The summed E-state index contributed by atoms with van der Waals surface area (Å²) in [6.07, 6.45) is 27.2. The minimum absolute atomic E-state index is 0.224. The van der Waals surface area contributed by atoms with E-state index in [1.165, 1.54) is 128 Å². The van der Waals surface area contributed by atoms with Crippen LogP contribution in [-0.2, 0) is 9.53 Å². The van der Waals surface area contributed by atoms with Crippen LogP contribution < -0.4 is 0 Å². The average Bonchev–Trinajstić information content (AvgIpc) is 2.80. The smallest absolute Gasteiger partial charge is 0.333 e. The molecule has 2 nitrogen and oxygen atoms in total. The number of ether oxygens (including phenoxy) is 1. The number of hydrogen-bond donors (Lipinski definition) is 0. The molecule has 0 heterocycles. The Hall–Kier alpha value is -0.790. The van der Waals surface area contributed by atoms with Crippen LogP contribution in [0.1, 0.15) is 163 Å². The number of rotatable bonds is 25. The van der Waals surface area contributed by atoms with Crippen molar-refractivity contribution in [1.82, 2.24) is 0 Å². The number of carbonyl (C=O) groups excluding carboxylic acids is 1. The van der Waals surface area contributed by atoms with Crippen molar-refractivity contribution in [2.24, 2.45) is 17.8 Å². The molecule has 0 fully saturated rings. The maximum Gasteiger partial charge on any atom is 0.333 e. The van der Waals surface area contributed by atoms with Crippen LogP contribution in [0.3, 0.4) is 0 Å². The fraction of sp³-hybridized carbons (Fsp3) is 0.906. The van der Waals surface area contributed by atoms with Gasteiger partial charge in [0.25, 0.3) is 0 Å². The SMILES string of the molecule is C=C(C)C(=O)OCC(CCCCCCCCCCCC(C)C)C(C)CCCCCCCCCC. The molecule has 0 bridgehead atoms. The van der Waals surface area contributed by atoms with Crippen molar-refractivity contribution in [1.29, 1.82) is 0 Å². The molecule has 0 aromatic rings. The molecule has 34 heavy (non-hydrogen) atoms. The predicted octanol–water partition coefficient (Wildman–Crippen LogP) is 10.8. The lowest BCUT2D eigenvalue weighted by Gasteiger charge is -2.24. The van der Waals surface area contributed by atoms with Crippen molar-refractivity contribution >= 4 is 5.97 Å². The van der Waals surface area contributed by atoms with E-state index in [2.05, 4.69) is 34.3 Å². The summed E-state index contributed by atoms with van der Waals surface area (Å²) in [7, 11) is 0. The molecule has 0 radical (unpaired) electrons. The Morgan fingerprint density at radius 3 is 1.50 bits per heavy atom. The Morgan fingerprint density at radius 2 is 1.06 bits per heavy atom. The van der Waals surface area contributed by atoms with Crippen LogP contribution in [0.5, 0.6) is 0 Å². The Kier molecular flexibility index (Phi) is 23.4. The second-order valence-electron chi connectivity index (χ2n) is 11.5. The van der Waals surface area contributed by atoms with E-state index in [1.807, 2.05) is 0 Å². The molecule has 0 aliphatic heterocycles. The maximum atomic E-state index is 11.9. The molecule has 0 aromatic carbocycles. The van der Waals surface area contributed by atoms with Crippen LogP contribution in [0.4, 0.5) is 0 Å². The molecule has 0 aliphatic rings. The highest BCUT2D eigenvalue weighted by Gasteiger charge is 2.19. The van der Waals surface area contributed by atoms with E-state index in [1.54, 1.807) is 6.92 Å². The molecular weight excluding hydrogens is 416 g/mol. The predicted molar refractivity (Wildman–Crippen MR) is 151 cm³/mol. The van der Waals surface area contributed by atoms with Crippen molar-refractivity contribution in [3.63, 3.8) is 0 Å². The number of carbonyl (C=O) groups is 1. The fourth-order valence-electron chi connectivity index (χ4n) is 4.87. The summed E-state index contributed by atoms with van der Waals surface area (Å²) in [5.74, 6) is 1.76. The summed E-state index contributed by atoms with van der Waals surface area (Å²) >= 11 is 0. The third-order valence-corrected chi connectivity index (χ3v) is 7.45. The summed E-state index contributed by atoms with van der Waals surface area (Å²) in [6.45, 7) is 15.4. The van der Waals surface area contributed by atoms with E-state index in [4.69, 9.17) is 4.74 Å². The van der Waals surface area contributed by atoms with Crippen molar-refractivity contribution in [2.45, 2.75) is 163 Å². The maximum absolute atomic E-state index is 11.9. The number of unbranched alkanes of at least 4 members (excludes halogenated alkanes) is 15. The highest BCUT2D eigenvalue weighted by Crippen LogP contribution is 2.26. The minimum atomic E-state index is -0.224. The molecule has 0 aromatic heterocycles. The quantitative estimate of drug-likeness (QED) is 0.0740. The van der Waals surface area contributed by atoms with Gasteiger partial charge in [0.2, 0.25) is 0 Å². The standard InChI is InChI=1S/C32H62O2/c1-7-8-9-10-11-16-19-22-25-30(6)31(27-34-32(33)29(4)5)26-23-20-17-14-12-13-15-18-21-24-28(2)3/h28,30-31H,4,7-27H2,1-3,5-6H3. The van der Waals surface area contributed by atoms with E-state index in [9.17, 15) is 4.79 Å². The molecular formula is C32H62O2. The topological polar surface area (TPSA) is 26.3 Å². The number of hydrogen-bond acceptors (Lipinski definition) is 2. The second kappa shape index (κ2) is 23.9. The zero-order valence-corrected chi connectivity index (χ0v) is 24.1. The highest BCUT2D eigenvalue weighted by molar-refractivity contribution is 5.86. The van der Waals surface area contributed by atoms with E-state index < -0.39 is 0 Å². The molecule has 202 valence electrons. The van der Waals surface area contributed by atoms with Gasteiger partial charge in [-0.15, -0.1) is 0 Å². The van der Waals surface area contributed by atoms with Gasteiger partial charge in [0.05, 0.1) is 6.61 Å². The van der Waals surface area contributed by atoms with Crippen LogP contribution in [0.15, 0.2) is 12.2 Å². The lowest BCUT2D eigenvalue weighted by atomic mass is 9.85. The fourth-order valence-corrected chi connectivity index (χ4v) is 4.87. The van der Waals surface area contributed by atoms with E-state index in [0.717, 1.165) is 5.92 Å². The van der Waals surface area contributed by atoms with Gasteiger partial charge in [0.1, 0.15) is 0 Å². The van der Waals surface area contributed by atoms with Crippen LogP contribution >= 0.6 is 0 Å². The van der Waals surface area contributed by atoms with Gasteiger partial charge < -0.3 is 4.74 Å². The Morgan fingerprint density at radius 1 is 0.647 bits per heavy atom. The summed E-state index contributed by atoms with van der Waals surface area (Å²) in [5.41, 5.74) is 0.513. The van der Waals surface area contributed by atoms with Crippen molar-refractivity contribution < 1.29 is 9.53 Å². The van der Waals surface area contributed by atoms with Gasteiger partial charge in [-0.05, 0) is 31.1 Å². The molecule has 0 saturated carbocycles. The third kappa shape index (κ3) is 21.7. The molecule has 2 heteroatoms. The zero-order chi connectivity index (χ0) is 25.4. The van der Waals surface area contributed by atoms with Gasteiger partial charge in [0.15, 0.2) is 0 Å². The lowest BCUT2D eigenvalue weighted by molar-refractivity contribution is -0.140. The first-order valence-corrected chi connectivity index (χ1v) is 15.2. The monoisotopic (exact) mass is 478 g/mol. The second-order valence-corrected chi connectivity index (χ2v) is 11.5. The molecule has 0 aliphatic carbocycles. The van der Waals surface area contributed by atoms with Gasteiger partial charge in [0, 0.05) is 5.57 Å². The first kappa shape index (κ1) is 33.2. The number of esters is 1. The van der Waals surface area contributed by atoms with E-state index in [0.29, 0.717) is 24.0 Å². The average molecular weight is 479 g/mol. The summed E-state index contributed by atoms with van der Waals surface area (Å²) in [6, 6.07) is 0. The molecule has 0 amide bonds. The van der Waals surface area contributed by atoms with Crippen LogP contribution in [0.2, 0.25) is 0 Å². The van der Waals surface area contributed by atoms with E-state index >= 15 is 0 Å². The molecule has 0 rings (SSSR count). The van der Waals surface area contributed by atoms with E-state index in [-0.39, 0.29) is 5.97 Å². The van der Waals surface area contributed by atoms with Crippen LogP contribution in [0.25, 0.3) is 0 Å².